The molecule has 0 fully saturated rings. The summed E-state index contributed by atoms with van der Waals surface area (Å²) in [5, 5.41) is 0. The van der Waals surface area contributed by atoms with Crippen molar-refractivity contribution in [3.63, 3.8) is 0 Å². The Morgan fingerprint density at radius 3 is 2.42 bits per heavy atom. The summed E-state index contributed by atoms with van der Waals surface area (Å²) in [4.78, 5) is 3.70. The minimum atomic E-state index is 0.983. The van der Waals surface area contributed by atoms with E-state index < -0.39 is 0 Å². The average molecular weight is 336 g/mol. The third-order valence-electron chi connectivity index (χ3n) is 2.88. The van der Waals surface area contributed by atoms with Gasteiger partial charge in [-0.2, -0.15) is 0 Å². The number of benzene rings is 2. The Morgan fingerprint density at radius 1 is 1.00 bits per heavy atom. The monoisotopic (exact) mass is 335 g/mol. The number of hydrogen-bond acceptors (Lipinski definition) is 2. The highest BCUT2D eigenvalue weighted by Crippen LogP contribution is 2.19. The molecule has 2 aromatic carbocycles. The highest BCUT2D eigenvalue weighted by molar-refractivity contribution is 9.10. The minimum absolute atomic E-state index is 0.983. The summed E-state index contributed by atoms with van der Waals surface area (Å²) in [5.41, 5.74) is 1.34. The van der Waals surface area contributed by atoms with E-state index in [-0.39, 0.29) is 0 Å². The zero-order valence-corrected chi connectivity index (χ0v) is 13.5. The molecular formula is C16H18BrNS. The van der Waals surface area contributed by atoms with E-state index in [1.807, 2.05) is 11.8 Å². The molecule has 0 radical (unpaired) electrons. The van der Waals surface area contributed by atoms with Gasteiger partial charge in [-0.1, -0.05) is 52.3 Å². The molecule has 0 aliphatic heterocycles. The first kappa shape index (κ1) is 14.6. The molecule has 3 heteroatoms. The smallest absolute Gasteiger partial charge is 0.0242 e. The Balaban J connectivity index is 1.76. The quantitative estimate of drug-likeness (QED) is 0.705. The van der Waals surface area contributed by atoms with Crippen LogP contribution in [-0.4, -0.2) is 24.2 Å². The topological polar surface area (TPSA) is 3.24 Å². The second-order valence-electron chi connectivity index (χ2n) is 4.49. The van der Waals surface area contributed by atoms with Gasteiger partial charge < -0.3 is 4.90 Å². The molecule has 0 spiro atoms. The van der Waals surface area contributed by atoms with Crippen LogP contribution < -0.4 is 0 Å². The van der Waals surface area contributed by atoms with Crippen LogP contribution in [0.4, 0.5) is 0 Å². The van der Waals surface area contributed by atoms with Gasteiger partial charge in [0.15, 0.2) is 0 Å². The molecule has 2 aromatic rings. The molecule has 0 N–H and O–H groups in total. The third-order valence-corrected chi connectivity index (χ3v) is 4.65. The molecule has 0 bridgehead atoms. The summed E-state index contributed by atoms with van der Waals surface area (Å²) in [6.45, 7) is 2.07. The molecule has 1 nitrogen and oxygen atoms in total. The van der Waals surface area contributed by atoms with E-state index in [9.17, 15) is 0 Å². The summed E-state index contributed by atoms with van der Waals surface area (Å²) in [6, 6.07) is 19.0. The van der Waals surface area contributed by atoms with Crippen molar-refractivity contribution in [1.29, 1.82) is 0 Å². The standard InChI is InChI=1S/C16H18BrNS/c1-18(13-14-7-5-6-10-16(14)17)11-12-19-15-8-3-2-4-9-15/h2-10H,11-13H2,1H3. The number of halogens is 1. The van der Waals surface area contributed by atoms with Crippen LogP contribution in [0.2, 0.25) is 0 Å². The van der Waals surface area contributed by atoms with Crippen molar-refractivity contribution in [1.82, 2.24) is 4.90 Å². The molecule has 0 unspecified atom stereocenters. The first-order valence-electron chi connectivity index (χ1n) is 6.35. The van der Waals surface area contributed by atoms with E-state index in [0.717, 1.165) is 18.8 Å². The van der Waals surface area contributed by atoms with Gasteiger partial charge in [-0.25, -0.2) is 0 Å². The van der Waals surface area contributed by atoms with Gasteiger partial charge >= 0.3 is 0 Å². The molecule has 0 saturated heterocycles. The van der Waals surface area contributed by atoms with Gasteiger partial charge in [0.1, 0.15) is 0 Å². The van der Waals surface area contributed by atoms with Gasteiger partial charge in [0, 0.05) is 28.2 Å². The maximum atomic E-state index is 3.60. The lowest BCUT2D eigenvalue weighted by Crippen LogP contribution is -2.20. The lowest BCUT2D eigenvalue weighted by Gasteiger charge is -2.17. The van der Waals surface area contributed by atoms with Crippen molar-refractivity contribution in [2.45, 2.75) is 11.4 Å². The van der Waals surface area contributed by atoms with Gasteiger partial charge in [-0.3, -0.25) is 0 Å². The second-order valence-corrected chi connectivity index (χ2v) is 6.51. The molecule has 100 valence electrons. The Hall–Kier alpha value is -0.770. The van der Waals surface area contributed by atoms with Crippen molar-refractivity contribution in [2.75, 3.05) is 19.3 Å². The lowest BCUT2D eigenvalue weighted by atomic mass is 10.2. The van der Waals surface area contributed by atoms with E-state index in [0.29, 0.717) is 0 Å². The minimum Gasteiger partial charge on any atom is -0.301 e. The normalized spacial score (nSPS) is 10.9. The average Bonchev–Trinajstić information content (AvgIpc) is 2.43. The van der Waals surface area contributed by atoms with Crippen LogP contribution in [0.25, 0.3) is 0 Å². The maximum absolute atomic E-state index is 3.60. The zero-order valence-electron chi connectivity index (χ0n) is 11.1. The zero-order chi connectivity index (χ0) is 13.5. The fraction of sp³-hybridized carbons (Fsp3) is 0.250. The molecule has 0 amide bonds. The largest absolute Gasteiger partial charge is 0.301 e. The van der Waals surface area contributed by atoms with Gasteiger partial charge in [-0.05, 0) is 30.8 Å². The first-order valence-corrected chi connectivity index (χ1v) is 8.13. The van der Waals surface area contributed by atoms with Crippen molar-refractivity contribution in [2.24, 2.45) is 0 Å². The summed E-state index contributed by atoms with van der Waals surface area (Å²) in [5.74, 6) is 1.12. The van der Waals surface area contributed by atoms with Crippen molar-refractivity contribution < 1.29 is 0 Å². The van der Waals surface area contributed by atoms with E-state index in [1.54, 1.807) is 0 Å². The highest BCUT2D eigenvalue weighted by Gasteiger charge is 2.03. The number of thioether (sulfide) groups is 1. The Bertz CT molecular complexity index is 501. The SMILES string of the molecule is CN(CCSc1ccccc1)Cc1ccccc1Br. The van der Waals surface area contributed by atoms with Crippen LogP contribution in [0.1, 0.15) is 5.56 Å². The third kappa shape index (κ3) is 5.01. The van der Waals surface area contributed by atoms with Crippen LogP contribution in [0.3, 0.4) is 0 Å². The molecule has 0 atom stereocenters. The van der Waals surface area contributed by atoms with Gasteiger partial charge in [0.2, 0.25) is 0 Å². The van der Waals surface area contributed by atoms with Gasteiger partial charge in [-0.15, -0.1) is 11.8 Å². The summed E-state index contributed by atoms with van der Waals surface area (Å²) in [7, 11) is 2.17. The summed E-state index contributed by atoms with van der Waals surface area (Å²) in [6.07, 6.45) is 0. The van der Waals surface area contributed by atoms with Gasteiger partial charge in [0.05, 0.1) is 0 Å². The van der Waals surface area contributed by atoms with E-state index in [4.69, 9.17) is 0 Å². The van der Waals surface area contributed by atoms with Crippen molar-refractivity contribution in [3.05, 3.63) is 64.6 Å². The number of nitrogens with zero attached hydrogens (tertiary/aromatic N) is 1. The first-order chi connectivity index (χ1) is 9.25. The molecule has 19 heavy (non-hydrogen) atoms. The predicted molar refractivity (Wildman–Crippen MR) is 87.6 cm³/mol. The van der Waals surface area contributed by atoms with E-state index in [1.165, 1.54) is 14.9 Å². The number of rotatable bonds is 6. The van der Waals surface area contributed by atoms with E-state index in [2.05, 4.69) is 82.5 Å². The fourth-order valence-electron chi connectivity index (χ4n) is 1.83. The summed E-state index contributed by atoms with van der Waals surface area (Å²) < 4.78 is 1.19. The predicted octanol–water partition coefficient (Wildman–Crippen LogP) is 4.67. The highest BCUT2D eigenvalue weighted by atomic mass is 79.9. The molecule has 2 rings (SSSR count). The Labute approximate surface area is 128 Å². The Kier molecular flexibility index (Phi) is 5.95. The second kappa shape index (κ2) is 7.73. The van der Waals surface area contributed by atoms with Crippen LogP contribution >= 0.6 is 27.7 Å². The number of hydrogen-bond donors (Lipinski definition) is 0. The summed E-state index contributed by atoms with van der Waals surface area (Å²) >= 11 is 5.51. The fourth-order valence-corrected chi connectivity index (χ4v) is 3.23. The van der Waals surface area contributed by atoms with Crippen molar-refractivity contribution >= 4 is 27.7 Å². The molecule has 0 heterocycles. The molecule has 0 aliphatic rings. The van der Waals surface area contributed by atoms with Crippen LogP contribution in [-0.2, 0) is 6.54 Å². The Morgan fingerprint density at radius 2 is 1.68 bits per heavy atom. The molecular weight excluding hydrogens is 318 g/mol. The van der Waals surface area contributed by atoms with Crippen LogP contribution in [0.5, 0.6) is 0 Å². The van der Waals surface area contributed by atoms with E-state index >= 15 is 0 Å². The van der Waals surface area contributed by atoms with Crippen molar-refractivity contribution in [3.8, 4) is 0 Å². The lowest BCUT2D eigenvalue weighted by molar-refractivity contribution is 0.348. The van der Waals surface area contributed by atoms with Gasteiger partial charge in [0.25, 0.3) is 0 Å². The molecule has 0 saturated carbocycles. The van der Waals surface area contributed by atoms with Crippen LogP contribution in [0.15, 0.2) is 64.0 Å². The molecule has 0 aliphatic carbocycles. The molecule has 0 aromatic heterocycles. The van der Waals surface area contributed by atoms with Crippen LogP contribution in [0, 0.1) is 0 Å². The maximum Gasteiger partial charge on any atom is 0.0242 e.